The Morgan fingerprint density at radius 1 is 1.22 bits per heavy atom. The van der Waals surface area contributed by atoms with Crippen LogP contribution >= 0.6 is 0 Å². The van der Waals surface area contributed by atoms with E-state index in [9.17, 15) is 4.79 Å². The lowest BCUT2D eigenvalue weighted by Gasteiger charge is -2.44. The van der Waals surface area contributed by atoms with Crippen molar-refractivity contribution in [1.29, 1.82) is 0 Å². The lowest BCUT2D eigenvalue weighted by molar-refractivity contribution is 0.0661. The van der Waals surface area contributed by atoms with Crippen molar-refractivity contribution in [2.24, 2.45) is 0 Å². The fourth-order valence-electron chi connectivity index (χ4n) is 3.83. The van der Waals surface area contributed by atoms with E-state index < -0.39 is 0 Å². The molecule has 1 saturated heterocycles. The molecule has 0 atom stereocenters. The third-order valence-electron chi connectivity index (χ3n) is 5.61. The summed E-state index contributed by atoms with van der Waals surface area (Å²) in [6.07, 6.45) is 3.99. The van der Waals surface area contributed by atoms with E-state index in [1.807, 2.05) is 26.1 Å². The number of aromatic nitrogens is 5. The zero-order valence-corrected chi connectivity index (χ0v) is 15.4. The van der Waals surface area contributed by atoms with Gasteiger partial charge >= 0.3 is 0 Å². The van der Waals surface area contributed by atoms with Crippen LogP contribution < -0.4 is 4.90 Å². The minimum Gasteiger partial charge on any atom is -0.351 e. The van der Waals surface area contributed by atoms with Crippen LogP contribution in [0.4, 0.5) is 5.82 Å². The molecule has 4 heterocycles. The van der Waals surface area contributed by atoms with Crippen molar-refractivity contribution in [3.05, 3.63) is 35.0 Å². The smallest absolute Gasteiger partial charge is 0.292 e. The number of likely N-dealkylation sites (N-methyl/N-ethyl adjacent to an activating group) is 1. The molecule has 2 aliphatic rings. The van der Waals surface area contributed by atoms with E-state index >= 15 is 0 Å². The van der Waals surface area contributed by atoms with E-state index in [0.29, 0.717) is 5.76 Å². The second kappa shape index (κ2) is 6.04. The molecule has 1 fully saturated rings. The van der Waals surface area contributed by atoms with Gasteiger partial charge in [0.1, 0.15) is 5.82 Å². The predicted octanol–water partition coefficient (Wildman–Crippen LogP) is 1.26. The van der Waals surface area contributed by atoms with Crippen molar-refractivity contribution in [3.63, 3.8) is 0 Å². The van der Waals surface area contributed by atoms with Crippen LogP contribution in [0.25, 0.3) is 5.65 Å². The van der Waals surface area contributed by atoms with Crippen molar-refractivity contribution in [1.82, 2.24) is 29.9 Å². The first-order valence-electron chi connectivity index (χ1n) is 9.30. The average Bonchev–Trinajstić information content (AvgIpc) is 3.24. The maximum Gasteiger partial charge on any atom is 0.292 e. The number of rotatable bonds is 3. The van der Waals surface area contributed by atoms with Crippen LogP contribution in [0.15, 0.2) is 16.7 Å². The normalized spacial score (nSPS) is 17.0. The van der Waals surface area contributed by atoms with Gasteiger partial charge in [-0.25, -0.2) is 0 Å². The molecule has 0 radical (unpaired) electrons. The number of fused-ring (bicyclic) bond motifs is 2. The number of aryl methyl sites for hydroxylation is 2. The van der Waals surface area contributed by atoms with E-state index in [2.05, 4.69) is 25.4 Å². The molecule has 1 amide bonds. The van der Waals surface area contributed by atoms with Gasteiger partial charge in [0.05, 0.1) is 11.7 Å². The summed E-state index contributed by atoms with van der Waals surface area (Å²) >= 11 is 0. The first-order valence-corrected chi connectivity index (χ1v) is 9.30. The Labute approximate surface area is 155 Å². The van der Waals surface area contributed by atoms with Crippen LogP contribution in [0, 0.1) is 6.92 Å². The fraction of sp³-hybridized carbons (Fsp3) is 0.500. The Kier molecular flexibility index (Phi) is 3.63. The molecule has 0 aromatic carbocycles. The molecule has 0 bridgehead atoms. The monoisotopic (exact) mass is 367 g/mol. The highest BCUT2D eigenvalue weighted by Crippen LogP contribution is 2.27. The van der Waals surface area contributed by atoms with Crippen molar-refractivity contribution in [2.75, 3.05) is 25.0 Å². The molecule has 5 rings (SSSR count). The topological polar surface area (TPSA) is 92.7 Å². The van der Waals surface area contributed by atoms with Crippen LogP contribution in [-0.2, 0) is 12.8 Å². The average molecular weight is 367 g/mol. The first-order chi connectivity index (χ1) is 13.1. The molecule has 9 nitrogen and oxygen atoms in total. The highest BCUT2D eigenvalue weighted by atomic mass is 16.5. The summed E-state index contributed by atoms with van der Waals surface area (Å²) < 4.78 is 7.13. The van der Waals surface area contributed by atoms with E-state index in [1.165, 1.54) is 0 Å². The summed E-state index contributed by atoms with van der Waals surface area (Å²) in [5.41, 5.74) is 2.69. The Morgan fingerprint density at radius 2 is 2.04 bits per heavy atom. The summed E-state index contributed by atoms with van der Waals surface area (Å²) in [7, 11) is 1.84. The van der Waals surface area contributed by atoms with Gasteiger partial charge in [0.15, 0.2) is 11.5 Å². The molecule has 3 aromatic heterocycles. The van der Waals surface area contributed by atoms with Gasteiger partial charge in [-0.2, -0.15) is 4.52 Å². The molecule has 0 saturated carbocycles. The molecule has 1 aliphatic carbocycles. The second-order valence-electron chi connectivity index (χ2n) is 7.33. The zero-order valence-electron chi connectivity index (χ0n) is 15.4. The quantitative estimate of drug-likeness (QED) is 0.688. The minimum absolute atomic E-state index is 0.0756. The van der Waals surface area contributed by atoms with Crippen LogP contribution in [0.1, 0.15) is 40.5 Å². The molecule has 1 aliphatic heterocycles. The largest absolute Gasteiger partial charge is 0.351 e. The van der Waals surface area contributed by atoms with Crippen LogP contribution in [0.3, 0.4) is 0 Å². The standard InChI is InChI=1S/C18H21N7O2/c1-11-19-20-15-7-8-16(21-25(11)15)24-9-12(10-24)23(2)18(26)17-13-5-3-4-6-14(13)22-27-17/h7-8,12H,3-6,9-10H2,1-2H3. The van der Waals surface area contributed by atoms with Gasteiger partial charge in [-0.15, -0.1) is 15.3 Å². The SMILES string of the molecule is Cc1nnc2ccc(N3CC(N(C)C(=O)c4onc5c4CCCC5)C3)nn12. The van der Waals surface area contributed by atoms with Gasteiger partial charge in [0, 0.05) is 25.7 Å². The Hall–Kier alpha value is -2.97. The number of anilines is 1. The van der Waals surface area contributed by atoms with E-state index in [-0.39, 0.29) is 11.9 Å². The van der Waals surface area contributed by atoms with Gasteiger partial charge in [-0.1, -0.05) is 5.16 Å². The van der Waals surface area contributed by atoms with E-state index in [4.69, 9.17) is 4.52 Å². The Bertz CT molecular complexity index is 1020. The predicted molar refractivity (Wildman–Crippen MR) is 96.8 cm³/mol. The lowest BCUT2D eigenvalue weighted by Crippen LogP contribution is -2.60. The van der Waals surface area contributed by atoms with Crippen LogP contribution in [0.5, 0.6) is 0 Å². The molecule has 0 N–H and O–H groups in total. The third-order valence-corrected chi connectivity index (χ3v) is 5.61. The van der Waals surface area contributed by atoms with Crippen molar-refractivity contribution in [3.8, 4) is 0 Å². The number of carbonyl (C=O) groups excluding carboxylic acids is 1. The first kappa shape index (κ1) is 16.2. The fourth-order valence-corrected chi connectivity index (χ4v) is 3.83. The number of carbonyl (C=O) groups is 1. The summed E-state index contributed by atoms with van der Waals surface area (Å²) in [4.78, 5) is 16.8. The summed E-state index contributed by atoms with van der Waals surface area (Å²) in [6.45, 7) is 3.34. The summed E-state index contributed by atoms with van der Waals surface area (Å²) in [6, 6.07) is 3.97. The molecular weight excluding hydrogens is 346 g/mol. The van der Waals surface area contributed by atoms with Gasteiger partial charge in [0.25, 0.3) is 5.91 Å². The number of nitrogens with zero attached hydrogens (tertiary/aromatic N) is 7. The highest BCUT2D eigenvalue weighted by Gasteiger charge is 2.36. The number of hydrogen-bond acceptors (Lipinski definition) is 7. The van der Waals surface area contributed by atoms with Crippen LogP contribution in [-0.4, -0.2) is 62.0 Å². The van der Waals surface area contributed by atoms with Crippen molar-refractivity contribution < 1.29 is 9.32 Å². The Morgan fingerprint density at radius 3 is 2.89 bits per heavy atom. The molecule has 27 heavy (non-hydrogen) atoms. The maximum atomic E-state index is 12.9. The zero-order chi connectivity index (χ0) is 18.5. The number of amides is 1. The molecular formula is C18H21N7O2. The van der Waals surface area contributed by atoms with Gasteiger partial charge < -0.3 is 14.3 Å². The minimum atomic E-state index is -0.0756. The van der Waals surface area contributed by atoms with Gasteiger partial charge in [-0.05, 0) is 44.7 Å². The second-order valence-corrected chi connectivity index (χ2v) is 7.33. The van der Waals surface area contributed by atoms with E-state index in [1.54, 1.807) is 9.42 Å². The van der Waals surface area contributed by atoms with Crippen LogP contribution in [0.2, 0.25) is 0 Å². The van der Waals surface area contributed by atoms with Crippen molar-refractivity contribution in [2.45, 2.75) is 38.6 Å². The summed E-state index contributed by atoms with van der Waals surface area (Å²) in [5.74, 6) is 1.96. The summed E-state index contributed by atoms with van der Waals surface area (Å²) in [5, 5.41) is 16.8. The molecule has 9 heteroatoms. The van der Waals surface area contributed by atoms with E-state index in [0.717, 1.165) is 67.3 Å². The Balaban J connectivity index is 1.29. The van der Waals surface area contributed by atoms with Crippen molar-refractivity contribution >= 4 is 17.4 Å². The number of hydrogen-bond donors (Lipinski definition) is 0. The molecule has 3 aromatic rings. The third kappa shape index (κ3) is 2.56. The molecule has 140 valence electrons. The molecule has 0 unspecified atom stereocenters. The highest BCUT2D eigenvalue weighted by molar-refractivity contribution is 5.93. The molecule has 0 spiro atoms. The van der Waals surface area contributed by atoms with Gasteiger partial charge in [0.2, 0.25) is 5.76 Å². The lowest BCUT2D eigenvalue weighted by atomic mass is 9.95. The van der Waals surface area contributed by atoms with Gasteiger partial charge in [-0.3, -0.25) is 4.79 Å². The maximum absolute atomic E-state index is 12.9.